The van der Waals surface area contributed by atoms with Gasteiger partial charge in [-0.1, -0.05) is 17.7 Å². The number of hydrogen-bond donors (Lipinski definition) is 3. The Morgan fingerprint density at radius 2 is 1.94 bits per heavy atom. The van der Waals surface area contributed by atoms with Gasteiger partial charge in [0.1, 0.15) is 6.04 Å². The number of carboxylic acid groups (broad SMARTS) is 1. The van der Waals surface area contributed by atoms with Crippen LogP contribution in [0, 0.1) is 6.92 Å². The summed E-state index contributed by atoms with van der Waals surface area (Å²) < 4.78 is 0. The summed E-state index contributed by atoms with van der Waals surface area (Å²) in [5, 5.41) is 11.1. The number of carbonyl (C=O) groups is 2. The second kappa shape index (κ2) is 5.55. The van der Waals surface area contributed by atoms with Crippen LogP contribution in [0.25, 0.3) is 0 Å². The Hall–Kier alpha value is -1.49. The number of benzene rings is 1. The zero-order valence-corrected chi connectivity index (χ0v) is 9.70. The molecule has 0 unspecified atom stereocenters. The van der Waals surface area contributed by atoms with Gasteiger partial charge < -0.3 is 10.4 Å². The van der Waals surface area contributed by atoms with Crippen molar-refractivity contribution < 1.29 is 14.7 Å². The molecule has 1 aromatic carbocycles. The monoisotopic (exact) mass is 239 g/mol. The van der Waals surface area contributed by atoms with E-state index in [2.05, 4.69) is 17.9 Å². The maximum atomic E-state index is 11.6. The van der Waals surface area contributed by atoms with Gasteiger partial charge in [-0.2, -0.15) is 12.6 Å². The summed E-state index contributed by atoms with van der Waals surface area (Å²) in [6.07, 6.45) is 0. The van der Waals surface area contributed by atoms with E-state index in [0.717, 1.165) is 5.56 Å². The third kappa shape index (κ3) is 3.27. The molecule has 0 saturated heterocycles. The fraction of sp³-hybridized carbons (Fsp3) is 0.273. The summed E-state index contributed by atoms with van der Waals surface area (Å²) in [6.45, 7) is 1.91. The zero-order chi connectivity index (χ0) is 12.1. The van der Waals surface area contributed by atoms with Gasteiger partial charge in [0.2, 0.25) is 0 Å². The van der Waals surface area contributed by atoms with E-state index in [1.54, 1.807) is 24.3 Å². The van der Waals surface area contributed by atoms with Gasteiger partial charge in [-0.3, -0.25) is 4.79 Å². The average molecular weight is 239 g/mol. The van der Waals surface area contributed by atoms with Gasteiger partial charge in [-0.25, -0.2) is 4.79 Å². The van der Waals surface area contributed by atoms with Crippen LogP contribution in [0.1, 0.15) is 15.9 Å². The molecule has 5 heteroatoms. The minimum Gasteiger partial charge on any atom is -0.480 e. The Balaban J connectivity index is 2.71. The third-order valence-electron chi connectivity index (χ3n) is 2.10. The highest BCUT2D eigenvalue weighted by Crippen LogP contribution is 2.03. The smallest absolute Gasteiger partial charge is 0.327 e. The molecule has 1 amide bonds. The van der Waals surface area contributed by atoms with Gasteiger partial charge in [0.05, 0.1) is 0 Å². The van der Waals surface area contributed by atoms with Crippen molar-refractivity contribution in [2.75, 3.05) is 5.75 Å². The number of nitrogens with one attached hydrogen (secondary N) is 1. The Morgan fingerprint density at radius 3 is 2.38 bits per heavy atom. The van der Waals surface area contributed by atoms with Crippen LogP contribution in [0.2, 0.25) is 0 Å². The number of amides is 1. The van der Waals surface area contributed by atoms with E-state index < -0.39 is 17.9 Å². The van der Waals surface area contributed by atoms with Crippen molar-refractivity contribution in [2.24, 2.45) is 0 Å². The normalized spacial score (nSPS) is 11.9. The van der Waals surface area contributed by atoms with Gasteiger partial charge >= 0.3 is 5.97 Å². The molecule has 1 atom stereocenters. The summed E-state index contributed by atoms with van der Waals surface area (Å²) in [5.41, 5.74) is 1.49. The summed E-state index contributed by atoms with van der Waals surface area (Å²) in [4.78, 5) is 22.3. The Kier molecular flexibility index (Phi) is 4.37. The molecule has 0 aromatic heterocycles. The molecule has 0 aliphatic carbocycles. The van der Waals surface area contributed by atoms with E-state index in [9.17, 15) is 9.59 Å². The number of aliphatic carboxylic acids is 1. The minimum atomic E-state index is -1.09. The van der Waals surface area contributed by atoms with Crippen molar-refractivity contribution >= 4 is 24.5 Å². The Bertz CT molecular complexity index is 389. The lowest BCUT2D eigenvalue weighted by Gasteiger charge is -2.11. The predicted molar refractivity (Wildman–Crippen MR) is 63.9 cm³/mol. The second-order valence-electron chi connectivity index (χ2n) is 3.41. The first-order valence-corrected chi connectivity index (χ1v) is 5.39. The molecule has 0 aliphatic heterocycles. The first-order chi connectivity index (χ1) is 7.54. The average Bonchev–Trinajstić information content (AvgIpc) is 2.26. The molecule has 2 N–H and O–H groups in total. The van der Waals surface area contributed by atoms with E-state index in [-0.39, 0.29) is 5.75 Å². The van der Waals surface area contributed by atoms with E-state index in [1.165, 1.54) is 0 Å². The molecule has 4 nitrogen and oxygen atoms in total. The summed E-state index contributed by atoms with van der Waals surface area (Å²) in [6, 6.07) is 5.94. The molecule has 0 bridgehead atoms. The molecule has 0 spiro atoms. The van der Waals surface area contributed by atoms with E-state index in [4.69, 9.17) is 5.11 Å². The molecular weight excluding hydrogens is 226 g/mol. The molecular formula is C11H13NO3S. The number of carbonyl (C=O) groups excluding carboxylic acids is 1. The molecule has 0 fully saturated rings. The molecule has 1 aromatic rings. The van der Waals surface area contributed by atoms with Gasteiger partial charge in [0.15, 0.2) is 0 Å². The van der Waals surface area contributed by atoms with Crippen molar-refractivity contribution in [3.05, 3.63) is 35.4 Å². The van der Waals surface area contributed by atoms with Crippen LogP contribution in [0.15, 0.2) is 24.3 Å². The van der Waals surface area contributed by atoms with E-state index in [1.807, 2.05) is 6.92 Å². The second-order valence-corrected chi connectivity index (χ2v) is 3.78. The summed E-state index contributed by atoms with van der Waals surface area (Å²) in [7, 11) is 0. The van der Waals surface area contributed by atoms with Gasteiger partial charge in [0.25, 0.3) is 5.91 Å². The quantitative estimate of drug-likeness (QED) is 0.689. The third-order valence-corrected chi connectivity index (χ3v) is 2.46. The Labute approximate surface area is 99.1 Å². The fourth-order valence-electron chi connectivity index (χ4n) is 1.13. The largest absolute Gasteiger partial charge is 0.480 e. The molecule has 0 saturated carbocycles. The molecule has 0 aliphatic rings. The highest BCUT2D eigenvalue weighted by molar-refractivity contribution is 7.80. The maximum Gasteiger partial charge on any atom is 0.327 e. The van der Waals surface area contributed by atoms with Crippen LogP contribution in [0.3, 0.4) is 0 Å². The van der Waals surface area contributed by atoms with Crippen molar-refractivity contribution in [1.29, 1.82) is 0 Å². The van der Waals surface area contributed by atoms with Crippen molar-refractivity contribution in [2.45, 2.75) is 13.0 Å². The highest BCUT2D eigenvalue weighted by atomic mass is 32.1. The lowest BCUT2D eigenvalue weighted by molar-refractivity contribution is -0.138. The topological polar surface area (TPSA) is 66.4 Å². The van der Waals surface area contributed by atoms with Gasteiger partial charge in [-0.05, 0) is 19.1 Å². The lowest BCUT2D eigenvalue weighted by atomic mass is 10.1. The van der Waals surface area contributed by atoms with Crippen molar-refractivity contribution in [1.82, 2.24) is 5.32 Å². The number of thiol groups is 1. The van der Waals surface area contributed by atoms with Crippen LogP contribution in [-0.2, 0) is 4.79 Å². The van der Waals surface area contributed by atoms with Gasteiger partial charge in [-0.15, -0.1) is 0 Å². The van der Waals surface area contributed by atoms with Crippen LogP contribution >= 0.6 is 12.6 Å². The molecule has 1 rings (SSSR count). The maximum absolute atomic E-state index is 11.6. The lowest BCUT2D eigenvalue weighted by Crippen LogP contribution is -2.42. The van der Waals surface area contributed by atoms with Gasteiger partial charge in [0, 0.05) is 11.3 Å². The first-order valence-electron chi connectivity index (χ1n) is 4.76. The number of hydrogen-bond acceptors (Lipinski definition) is 3. The highest BCUT2D eigenvalue weighted by Gasteiger charge is 2.18. The Morgan fingerprint density at radius 1 is 1.38 bits per heavy atom. The molecule has 86 valence electrons. The summed E-state index contributed by atoms with van der Waals surface area (Å²) >= 11 is 3.86. The minimum absolute atomic E-state index is 0.0624. The van der Waals surface area contributed by atoms with E-state index >= 15 is 0 Å². The SMILES string of the molecule is Cc1ccc(C(=O)N[C@@H](CS)C(=O)O)cc1. The van der Waals surface area contributed by atoms with Crippen molar-refractivity contribution in [3.8, 4) is 0 Å². The molecule has 0 radical (unpaired) electrons. The fourth-order valence-corrected chi connectivity index (χ4v) is 1.38. The standard InChI is InChI=1S/C11H13NO3S/c1-7-2-4-8(5-3-7)10(13)12-9(6-16)11(14)15/h2-5,9,16H,6H2,1H3,(H,12,13)(H,14,15)/t9-/m0/s1. The van der Waals surface area contributed by atoms with Crippen LogP contribution in [0.5, 0.6) is 0 Å². The van der Waals surface area contributed by atoms with Crippen LogP contribution < -0.4 is 5.32 Å². The number of carboxylic acids is 1. The number of aryl methyl sites for hydroxylation is 1. The number of rotatable bonds is 4. The summed E-state index contributed by atoms with van der Waals surface area (Å²) in [5.74, 6) is -1.43. The first kappa shape index (κ1) is 12.6. The molecule has 16 heavy (non-hydrogen) atoms. The van der Waals surface area contributed by atoms with E-state index in [0.29, 0.717) is 5.56 Å². The molecule has 0 heterocycles. The van der Waals surface area contributed by atoms with Crippen LogP contribution in [-0.4, -0.2) is 28.8 Å². The van der Waals surface area contributed by atoms with Crippen molar-refractivity contribution in [3.63, 3.8) is 0 Å². The van der Waals surface area contributed by atoms with Crippen LogP contribution in [0.4, 0.5) is 0 Å². The predicted octanol–water partition coefficient (Wildman–Crippen LogP) is 1.11. The zero-order valence-electron chi connectivity index (χ0n) is 8.80.